The number of aromatic nitrogens is 2. The molecule has 2 fully saturated rings. The zero-order valence-corrected chi connectivity index (χ0v) is 21.2. The van der Waals surface area contributed by atoms with Gasteiger partial charge in [-0.1, -0.05) is 25.0 Å². The third-order valence-corrected chi connectivity index (χ3v) is 8.16. The highest BCUT2D eigenvalue weighted by atomic mass is 16.3. The highest BCUT2D eigenvalue weighted by Crippen LogP contribution is 2.34. The number of nitrogens with zero attached hydrogens (tertiary/aromatic N) is 4. The Morgan fingerprint density at radius 3 is 2.68 bits per heavy atom. The minimum Gasteiger partial charge on any atom is -0.388 e. The summed E-state index contributed by atoms with van der Waals surface area (Å²) in [5, 5.41) is 23.7. The Hall–Kier alpha value is -3.54. The van der Waals surface area contributed by atoms with E-state index in [-0.39, 0.29) is 17.2 Å². The lowest BCUT2D eigenvalue weighted by Crippen LogP contribution is -2.53. The molecule has 3 aromatic rings. The highest BCUT2D eigenvalue weighted by molar-refractivity contribution is 5.95. The number of hydrogen-bond acceptors (Lipinski definition) is 6. The fourth-order valence-corrected chi connectivity index (χ4v) is 5.80. The van der Waals surface area contributed by atoms with Crippen LogP contribution in [-0.2, 0) is 12.0 Å². The van der Waals surface area contributed by atoms with Gasteiger partial charge in [-0.15, -0.1) is 0 Å². The van der Waals surface area contributed by atoms with Crippen LogP contribution >= 0.6 is 0 Å². The normalized spacial score (nSPS) is 23.9. The number of likely N-dealkylation sites (tertiary alicyclic amines) is 1. The summed E-state index contributed by atoms with van der Waals surface area (Å²) in [6.07, 6.45) is 7.90. The van der Waals surface area contributed by atoms with E-state index < -0.39 is 16.9 Å². The Morgan fingerprint density at radius 2 is 1.97 bits per heavy atom. The predicted octanol–water partition coefficient (Wildman–Crippen LogP) is 3.18. The SMILES string of the molecule is C[C@]1(O)CCCC[C@@H]1NC(=O)c1cc(CN2CCC(C#N)(c3ccccn3)CC2)c2ccccn2c1=O. The number of nitriles is 1. The molecule has 1 amide bonds. The third kappa shape index (κ3) is 4.89. The second-order valence-electron chi connectivity index (χ2n) is 10.7. The van der Waals surface area contributed by atoms with Gasteiger partial charge in [0.15, 0.2) is 0 Å². The predicted molar refractivity (Wildman–Crippen MR) is 140 cm³/mol. The first-order chi connectivity index (χ1) is 17.8. The van der Waals surface area contributed by atoms with Crippen LogP contribution in [0.2, 0.25) is 0 Å². The van der Waals surface area contributed by atoms with Crippen LogP contribution in [0.1, 0.15) is 67.1 Å². The second-order valence-corrected chi connectivity index (χ2v) is 10.7. The molecule has 1 saturated heterocycles. The average Bonchev–Trinajstić information content (AvgIpc) is 2.92. The number of piperidine rings is 1. The molecule has 4 heterocycles. The Bertz CT molecular complexity index is 1380. The number of carbonyl (C=O) groups excluding carboxylic acids is 1. The summed E-state index contributed by atoms with van der Waals surface area (Å²) in [6.45, 7) is 3.71. The van der Waals surface area contributed by atoms with Gasteiger partial charge >= 0.3 is 0 Å². The van der Waals surface area contributed by atoms with E-state index in [1.807, 2.05) is 30.3 Å². The zero-order valence-electron chi connectivity index (χ0n) is 21.2. The van der Waals surface area contributed by atoms with E-state index in [9.17, 15) is 20.0 Å². The number of aliphatic hydroxyl groups is 1. The smallest absolute Gasteiger partial charge is 0.267 e. The standard InChI is InChI=1S/C29H33N5O3/c1-28(37)11-5-2-9-24(28)32-26(35)22-18-21(23-8-4-7-15-34(23)27(22)36)19-33-16-12-29(20-30,13-17-33)25-10-3-6-14-31-25/h3-4,6-8,10,14-15,18,24,37H,2,5,9,11-13,16-17,19H2,1H3,(H,32,35)/t24-,28-/m0/s1. The number of amides is 1. The van der Waals surface area contributed by atoms with Gasteiger partial charge in [0.25, 0.3) is 11.5 Å². The lowest BCUT2D eigenvalue weighted by Gasteiger charge is -2.37. The van der Waals surface area contributed by atoms with E-state index in [2.05, 4.69) is 21.3 Å². The maximum absolute atomic E-state index is 13.3. The number of hydrogen-bond donors (Lipinski definition) is 2. The maximum atomic E-state index is 13.3. The van der Waals surface area contributed by atoms with Crippen molar-refractivity contribution in [2.75, 3.05) is 13.1 Å². The summed E-state index contributed by atoms with van der Waals surface area (Å²) in [7, 11) is 0. The minimum absolute atomic E-state index is 0.0805. The molecular formula is C29H33N5O3. The van der Waals surface area contributed by atoms with E-state index in [0.29, 0.717) is 45.3 Å². The van der Waals surface area contributed by atoms with E-state index >= 15 is 0 Å². The van der Waals surface area contributed by atoms with E-state index in [1.165, 1.54) is 4.40 Å². The quantitative estimate of drug-likeness (QED) is 0.558. The van der Waals surface area contributed by atoms with Gasteiger partial charge in [-0.25, -0.2) is 0 Å². The summed E-state index contributed by atoms with van der Waals surface area (Å²) in [5.41, 5.74) is 0.569. The minimum atomic E-state index is -0.988. The van der Waals surface area contributed by atoms with Crippen molar-refractivity contribution in [3.05, 3.63) is 82.0 Å². The van der Waals surface area contributed by atoms with Crippen molar-refractivity contribution < 1.29 is 9.90 Å². The number of rotatable bonds is 5. The molecule has 8 heteroatoms. The van der Waals surface area contributed by atoms with Crippen molar-refractivity contribution in [3.8, 4) is 6.07 Å². The fourth-order valence-electron chi connectivity index (χ4n) is 5.80. The van der Waals surface area contributed by atoms with Crippen LogP contribution in [0, 0.1) is 11.3 Å². The van der Waals surface area contributed by atoms with Crippen LogP contribution in [0.15, 0.2) is 59.7 Å². The third-order valence-electron chi connectivity index (χ3n) is 8.16. The Morgan fingerprint density at radius 1 is 1.19 bits per heavy atom. The summed E-state index contributed by atoms with van der Waals surface area (Å²) >= 11 is 0. The van der Waals surface area contributed by atoms with Gasteiger partial charge in [0.1, 0.15) is 11.0 Å². The molecule has 1 aliphatic heterocycles. The summed E-state index contributed by atoms with van der Waals surface area (Å²) in [5.74, 6) is -0.450. The fraction of sp³-hybridized carbons (Fsp3) is 0.448. The number of pyridine rings is 3. The van der Waals surface area contributed by atoms with Crippen molar-refractivity contribution in [3.63, 3.8) is 0 Å². The Kier molecular flexibility index (Phi) is 6.84. The van der Waals surface area contributed by atoms with E-state index in [0.717, 1.165) is 29.6 Å². The molecule has 0 radical (unpaired) electrons. The van der Waals surface area contributed by atoms with Crippen LogP contribution in [0.25, 0.3) is 5.52 Å². The molecule has 3 aromatic heterocycles. The van der Waals surface area contributed by atoms with Crippen LogP contribution in [-0.4, -0.2) is 50.0 Å². The lowest BCUT2D eigenvalue weighted by atomic mass is 9.76. The molecule has 37 heavy (non-hydrogen) atoms. The average molecular weight is 500 g/mol. The molecule has 1 aliphatic carbocycles. The Balaban J connectivity index is 1.40. The van der Waals surface area contributed by atoms with Gasteiger partial charge in [-0.3, -0.25) is 23.9 Å². The maximum Gasteiger partial charge on any atom is 0.267 e. The number of nitrogens with one attached hydrogen (secondary N) is 1. The van der Waals surface area contributed by atoms with Crippen LogP contribution in [0.4, 0.5) is 0 Å². The van der Waals surface area contributed by atoms with Gasteiger partial charge in [0, 0.05) is 32.0 Å². The summed E-state index contributed by atoms with van der Waals surface area (Å²) < 4.78 is 1.53. The van der Waals surface area contributed by atoms with E-state index in [1.54, 1.807) is 31.5 Å². The Labute approximate surface area is 216 Å². The molecule has 2 atom stereocenters. The number of carbonyl (C=O) groups is 1. The van der Waals surface area contributed by atoms with E-state index in [4.69, 9.17) is 0 Å². The molecule has 192 valence electrons. The first kappa shape index (κ1) is 25.1. The summed E-state index contributed by atoms with van der Waals surface area (Å²) in [6, 6.07) is 15.1. The van der Waals surface area contributed by atoms with Crippen LogP contribution < -0.4 is 10.9 Å². The molecule has 0 bridgehead atoms. The molecule has 2 N–H and O–H groups in total. The monoisotopic (exact) mass is 499 g/mol. The van der Waals surface area contributed by atoms with Crippen molar-refractivity contribution in [2.45, 2.75) is 69.1 Å². The largest absolute Gasteiger partial charge is 0.388 e. The second kappa shape index (κ2) is 10.1. The highest BCUT2D eigenvalue weighted by Gasteiger charge is 2.38. The van der Waals surface area contributed by atoms with Crippen molar-refractivity contribution in [1.82, 2.24) is 19.6 Å². The number of fused-ring (bicyclic) bond motifs is 1. The summed E-state index contributed by atoms with van der Waals surface area (Å²) in [4.78, 5) is 33.3. The first-order valence-electron chi connectivity index (χ1n) is 13.0. The van der Waals surface area contributed by atoms with Gasteiger partial charge in [-0.05, 0) is 68.5 Å². The van der Waals surface area contributed by atoms with Crippen LogP contribution in [0.5, 0.6) is 0 Å². The molecule has 5 rings (SSSR count). The van der Waals surface area contributed by atoms with Gasteiger partial charge in [0.05, 0.1) is 28.9 Å². The van der Waals surface area contributed by atoms with Crippen molar-refractivity contribution in [1.29, 1.82) is 5.26 Å². The van der Waals surface area contributed by atoms with Gasteiger partial charge in [0.2, 0.25) is 0 Å². The zero-order chi connectivity index (χ0) is 26.0. The van der Waals surface area contributed by atoms with Gasteiger partial charge < -0.3 is 10.4 Å². The molecule has 0 aromatic carbocycles. The topological polar surface area (TPSA) is 111 Å². The first-order valence-corrected chi connectivity index (χ1v) is 13.0. The molecule has 0 spiro atoms. The molecule has 1 saturated carbocycles. The molecule has 2 aliphatic rings. The van der Waals surface area contributed by atoms with Gasteiger partial charge in [-0.2, -0.15) is 5.26 Å². The molecular weight excluding hydrogens is 466 g/mol. The van der Waals surface area contributed by atoms with Crippen molar-refractivity contribution >= 4 is 11.4 Å². The lowest BCUT2D eigenvalue weighted by molar-refractivity contribution is -0.00864. The molecule has 0 unspecified atom stereocenters. The van der Waals surface area contributed by atoms with Crippen molar-refractivity contribution in [2.24, 2.45) is 0 Å². The molecule has 8 nitrogen and oxygen atoms in total. The van der Waals surface area contributed by atoms with Crippen LogP contribution in [0.3, 0.4) is 0 Å².